The summed E-state index contributed by atoms with van der Waals surface area (Å²) >= 11 is 0. The van der Waals surface area contributed by atoms with Crippen LogP contribution < -0.4 is 5.84 Å². The Kier molecular flexibility index (Phi) is 1.49. The van der Waals surface area contributed by atoms with Gasteiger partial charge in [-0.2, -0.15) is 0 Å². The fourth-order valence-electron chi connectivity index (χ4n) is 2.07. The van der Waals surface area contributed by atoms with Crippen molar-refractivity contribution in [3.05, 3.63) is 0 Å². The Morgan fingerprint density at radius 1 is 1.18 bits per heavy atom. The minimum Gasteiger partial charge on any atom is -0.269 e. The van der Waals surface area contributed by atoms with Crippen molar-refractivity contribution in [2.24, 2.45) is 17.7 Å². The molecule has 0 amide bonds. The lowest BCUT2D eigenvalue weighted by atomic mass is 10.0. The van der Waals surface area contributed by atoms with Gasteiger partial charge in [-0.3, -0.25) is 5.84 Å². The first-order valence-electron chi connectivity index (χ1n) is 3.77. The third kappa shape index (κ3) is 1.28. The molecule has 0 aromatic heterocycles. The summed E-state index contributed by atoms with van der Waals surface area (Å²) in [4.78, 5) is 0. The van der Waals surface area contributed by atoms with Crippen molar-refractivity contribution < 1.29 is 8.42 Å². The Labute approximate surface area is 66.2 Å². The zero-order valence-electron chi connectivity index (χ0n) is 6.23. The second-order valence-electron chi connectivity index (χ2n) is 3.55. The Morgan fingerprint density at radius 2 is 1.64 bits per heavy atom. The molecular formula is C6H12N2O2S. The fourth-order valence-corrected chi connectivity index (χ4v) is 4.27. The quantitative estimate of drug-likeness (QED) is 0.473. The van der Waals surface area contributed by atoms with Crippen LogP contribution in [0.25, 0.3) is 0 Å². The van der Waals surface area contributed by atoms with E-state index in [-0.39, 0.29) is 0 Å². The summed E-state index contributed by atoms with van der Waals surface area (Å²) < 4.78 is 22.2. The minimum atomic E-state index is -2.71. The predicted molar refractivity (Wildman–Crippen MR) is 41.4 cm³/mol. The van der Waals surface area contributed by atoms with Crippen molar-refractivity contribution in [3.63, 3.8) is 0 Å². The van der Waals surface area contributed by atoms with E-state index in [2.05, 4.69) is 0 Å². The molecule has 0 aromatic carbocycles. The Balaban J connectivity index is 2.16. The molecule has 2 atom stereocenters. The molecule has 2 saturated heterocycles. The first-order valence-corrected chi connectivity index (χ1v) is 5.59. The summed E-state index contributed by atoms with van der Waals surface area (Å²) in [6.07, 6.45) is 0. The second kappa shape index (κ2) is 2.18. The molecule has 2 heterocycles. The summed E-state index contributed by atoms with van der Waals surface area (Å²) in [7, 11) is -2.71. The molecule has 2 fully saturated rings. The highest BCUT2D eigenvalue weighted by Gasteiger charge is 2.42. The number of sulfone groups is 1. The molecule has 2 aliphatic heterocycles. The molecular weight excluding hydrogens is 164 g/mol. The molecule has 0 saturated carbocycles. The van der Waals surface area contributed by atoms with Gasteiger partial charge in [-0.05, 0) is 11.8 Å². The molecule has 11 heavy (non-hydrogen) atoms. The average Bonchev–Trinajstić information content (AvgIpc) is 2.17. The topological polar surface area (TPSA) is 63.4 Å². The average molecular weight is 176 g/mol. The lowest BCUT2D eigenvalue weighted by Gasteiger charge is -2.07. The number of rotatable bonds is 0. The Bertz CT molecular complexity index is 242. The van der Waals surface area contributed by atoms with Gasteiger partial charge in [0, 0.05) is 13.1 Å². The van der Waals surface area contributed by atoms with Crippen molar-refractivity contribution in [2.45, 2.75) is 0 Å². The van der Waals surface area contributed by atoms with E-state index in [1.54, 1.807) is 5.01 Å². The SMILES string of the molecule is NN1C[C@@H]2CS(=O)(=O)C[C@@H]2C1. The van der Waals surface area contributed by atoms with Crippen LogP contribution in [0.5, 0.6) is 0 Å². The van der Waals surface area contributed by atoms with Gasteiger partial charge in [0.15, 0.2) is 9.84 Å². The van der Waals surface area contributed by atoms with Crippen LogP contribution in [0.15, 0.2) is 0 Å². The molecule has 5 heteroatoms. The molecule has 0 bridgehead atoms. The molecule has 2 rings (SSSR count). The normalized spacial score (nSPS) is 42.6. The molecule has 4 nitrogen and oxygen atoms in total. The molecule has 0 radical (unpaired) electrons. The maximum atomic E-state index is 11.1. The van der Waals surface area contributed by atoms with Crippen molar-refractivity contribution in [1.29, 1.82) is 0 Å². The number of nitrogens with two attached hydrogens (primary N) is 1. The van der Waals surface area contributed by atoms with E-state index in [0.717, 1.165) is 13.1 Å². The van der Waals surface area contributed by atoms with Gasteiger partial charge in [0.25, 0.3) is 0 Å². The summed E-state index contributed by atoms with van der Waals surface area (Å²) in [6.45, 7) is 1.51. The van der Waals surface area contributed by atoms with Crippen LogP contribution in [-0.4, -0.2) is 38.0 Å². The molecule has 0 aliphatic carbocycles. The Hall–Kier alpha value is -0.130. The van der Waals surface area contributed by atoms with Crippen LogP contribution in [-0.2, 0) is 9.84 Å². The van der Waals surface area contributed by atoms with Crippen molar-refractivity contribution in [2.75, 3.05) is 24.6 Å². The molecule has 0 aromatic rings. The molecule has 2 aliphatic rings. The summed E-state index contributed by atoms with van der Waals surface area (Å²) in [6, 6.07) is 0. The van der Waals surface area contributed by atoms with Crippen LogP contribution >= 0.6 is 0 Å². The van der Waals surface area contributed by atoms with E-state index in [4.69, 9.17) is 5.84 Å². The molecule has 64 valence electrons. The molecule has 0 unspecified atom stereocenters. The van der Waals surface area contributed by atoms with E-state index in [9.17, 15) is 8.42 Å². The van der Waals surface area contributed by atoms with E-state index in [1.807, 2.05) is 0 Å². The van der Waals surface area contributed by atoms with Gasteiger partial charge in [-0.1, -0.05) is 0 Å². The maximum absolute atomic E-state index is 11.1. The molecule has 0 spiro atoms. The van der Waals surface area contributed by atoms with E-state index in [0.29, 0.717) is 23.3 Å². The maximum Gasteiger partial charge on any atom is 0.150 e. The zero-order chi connectivity index (χ0) is 8.06. The standard InChI is InChI=1S/C6H12N2O2S/c7-8-1-5-3-11(9,10)4-6(5)2-8/h5-6H,1-4,7H2/t5-,6+. The Morgan fingerprint density at radius 3 is 2.09 bits per heavy atom. The highest BCUT2D eigenvalue weighted by Crippen LogP contribution is 2.30. The first kappa shape index (κ1) is 7.52. The highest BCUT2D eigenvalue weighted by atomic mass is 32.2. The van der Waals surface area contributed by atoms with Crippen LogP contribution in [0, 0.1) is 11.8 Å². The number of hydrogen-bond donors (Lipinski definition) is 1. The number of nitrogens with zero attached hydrogens (tertiary/aromatic N) is 1. The first-order chi connectivity index (χ1) is 5.07. The van der Waals surface area contributed by atoms with Gasteiger partial charge in [0.1, 0.15) is 0 Å². The van der Waals surface area contributed by atoms with E-state index < -0.39 is 9.84 Å². The monoisotopic (exact) mass is 176 g/mol. The van der Waals surface area contributed by atoms with Crippen LogP contribution in [0.1, 0.15) is 0 Å². The van der Waals surface area contributed by atoms with Gasteiger partial charge >= 0.3 is 0 Å². The number of fused-ring (bicyclic) bond motifs is 1. The smallest absolute Gasteiger partial charge is 0.150 e. The predicted octanol–water partition coefficient (Wildman–Crippen LogP) is -1.16. The van der Waals surface area contributed by atoms with Crippen molar-refractivity contribution >= 4 is 9.84 Å². The molecule has 2 N–H and O–H groups in total. The van der Waals surface area contributed by atoms with Gasteiger partial charge in [0.2, 0.25) is 0 Å². The van der Waals surface area contributed by atoms with Gasteiger partial charge in [-0.15, -0.1) is 0 Å². The third-order valence-electron chi connectivity index (χ3n) is 2.54. The van der Waals surface area contributed by atoms with Crippen molar-refractivity contribution in [3.8, 4) is 0 Å². The van der Waals surface area contributed by atoms with Crippen LogP contribution in [0.3, 0.4) is 0 Å². The zero-order valence-corrected chi connectivity index (χ0v) is 7.05. The fraction of sp³-hybridized carbons (Fsp3) is 1.00. The van der Waals surface area contributed by atoms with E-state index >= 15 is 0 Å². The van der Waals surface area contributed by atoms with Gasteiger partial charge in [-0.25, -0.2) is 13.4 Å². The van der Waals surface area contributed by atoms with Crippen LogP contribution in [0.2, 0.25) is 0 Å². The minimum absolute atomic E-state index is 0.310. The lowest BCUT2D eigenvalue weighted by Crippen LogP contribution is -2.30. The van der Waals surface area contributed by atoms with Crippen LogP contribution in [0.4, 0.5) is 0 Å². The second-order valence-corrected chi connectivity index (χ2v) is 5.70. The third-order valence-corrected chi connectivity index (χ3v) is 4.41. The number of hydrazine groups is 1. The summed E-state index contributed by atoms with van der Waals surface area (Å²) in [5.41, 5.74) is 0. The number of hydrogen-bond acceptors (Lipinski definition) is 4. The largest absolute Gasteiger partial charge is 0.269 e. The van der Waals surface area contributed by atoms with Crippen molar-refractivity contribution in [1.82, 2.24) is 5.01 Å². The summed E-state index contributed by atoms with van der Waals surface area (Å²) in [5.74, 6) is 6.88. The van der Waals surface area contributed by atoms with Gasteiger partial charge in [0.05, 0.1) is 11.5 Å². The summed E-state index contributed by atoms with van der Waals surface area (Å²) in [5, 5.41) is 1.73. The van der Waals surface area contributed by atoms with Gasteiger partial charge < -0.3 is 0 Å². The van der Waals surface area contributed by atoms with E-state index in [1.165, 1.54) is 0 Å². The highest BCUT2D eigenvalue weighted by molar-refractivity contribution is 7.91. The lowest BCUT2D eigenvalue weighted by molar-refractivity contribution is 0.337.